The lowest BCUT2D eigenvalue weighted by molar-refractivity contribution is 0.292. The summed E-state index contributed by atoms with van der Waals surface area (Å²) in [6.45, 7) is 8.24. The molecule has 0 saturated carbocycles. The van der Waals surface area contributed by atoms with Gasteiger partial charge in [-0.05, 0) is 31.6 Å². The SMILES string of the molecule is CCN(CC)CCCn1cnc2oc(-c3ccccc3)c(-c3ccccc3)c2c1=N. The van der Waals surface area contributed by atoms with Gasteiger partial charge in [-0.2, -0.15) is 0 Å². The maximum atomic E-state index is 8.93. The summed E-state index contributed by atoms with van der Waals surface area (Å²) in [7, 11) is 0. The van der Waals surface area contributed by atoms with E-state index in [0.29, 0.717) is 11.2 Å². The second-order valence-electron chi connectivity index (χ2n) is 7.39. The van der Waals surface area contributed by atoms with Crippen molar-refractivity contribution in [3.63, 3.8) is 0 Å². The fourth-order valence-corrected chi connectivity index (χ4v) is 3.90. The summed E-state index contributed by atoms with van der Waals surface area (Å²) in [4.78, 5) is 6.97. The second-order valence-corrected chi connectivity index (χ2v) is 7.39. The van der Waals surface area contributed by atoms with Crippen molar-refractivity contribution < 1.29 is 4.42 Å². The van der Waals surface area contributed by atoms with Crippen LogP contribution in [0.5, 0.6) is 0 Å². The van der Waals surface area contributed by atoms with Crippen LogP contribution >= 0.6 is 0 Å². The van der Waals surface area contributed by atoms with E-state index in [1.165, 1.54) is 0 Å². The van der Waals surface area contributed by atoms with Gasteiger partial charge in [-0.1, -0.05) is 74.5 Å². The third kappa shape index (κ3) is 3.94. The van der Waals surface area contributed by atoms with Gasteiger partial charge in [0.25, 0.3) is 0 Å². The molecule has 2 aromatic carbocycles. The average molecular weight is 401 g/mol. The molecule has 0 aliphatic heterocycles. The Labute approximate surface area is 177 Å². The number of furan rings is 1. The first kappa shape index (κ1) is 20.1. The van der Waals surface area contributed by atoms with Gasteiger partial charge < -0.3 is 13.9 Å². The van der Waals surface area contributed by atoms with E-state index in [9.17, 15) is 0 Å². The van der Waals surface area contributed by atoms with Crippen LogP contribution in [-0.4, -0.2) is 34.1 Å². The maximum absolute atomic E-state index is 8.93. The molecule has 4 aromatic rings. The van der Waals surface area contributed by atoms with Gasteiger partial charge in [0.15, 0.2) is 0 Å². The molecule has 2 aromatic heterocycles. The van der Waals surface area contributed by atoms with Crippen LogP contribution in [0.1, 0.15) is 20.3 Å². The number of nitrogens with zero attached hydrogens (tertiary/aromatic N) is 3. The van der Waals surface area contributed by atoms with Crippen molar-refractivity contribution in [2.24, 2.45) is 0 Å². The molecule has 0 amide bonds. The summed E-state index contributed by atoms with van der Waals surface area (Å²) < 4.78 is 8.13. The van der Waals surface area contributed by atoms with Gasteiger partial charge >= 0.3 is 0 Å². The molecule has 0 unspecified atom stereocenters. The van der Waals surface area contributed by atoms with Crippen molar-refractivity contribution in [1.29, 1.82) is 5.41 Å². The Balaban J connectivity index is 1.81. The number of hydrogen-bond acceptors (Lipinski definition) is 4. The van der Waals surface area contributed by atoms with Crippen LogP contribution in [0.2, 0.25) is 0 Å². The number of nitrogens with one attached hydrogen (secondary N) is 1. The number of rotatable bonds is 8. The number of fused-ring (bicyclic) bond motifs is 1. The lowest BCUT2D eigenvalue weighted by atomic mass is 9.99. The van der Waals surface area contributed by atoms with E-state index >= 15 is 0 Å². The Kier molecular flexibility index (Phi) is 6.10. The summed E-state index contributed by atoms with van der Waals surface area (Å²) >= 11 is 0. The Morgan fingerprint density at radius 2 is 1.57 bits per heavy atom. The highest BCUT2D eigenvalue weighted by Gasteiger charge is 2.20. The van der Waals surface area contributed by atoms with Crippen molar-refractivity contribution in [2.45, 2.75) is 26.8 Å². The Morgan fingerprint density at radius 3 is 2.20 bits per heavy atom. The number of hydrogen-bond donors (Lipinski definition) is 1. The molecule has 1 N–H and O–H groups in total. The van der Waals surface area contributed by atoms with Crippen molar-refractivity contribution in [2.75, 3.05) is 19.6 Å². The van der Waals surface area contributed by atoms with E-state index < -0.39 is 0 Å². The summed E-state index contributed by atoms with van der Waals surface area (Å²) in [6.07, 6.45) is 2.72. The average Bonchev–Trinajstić information content (AvgIpc) is 3.20. The van der Waals surface area contributed by atoms with Crippen LogP contribution < -0.4 is 5.49 Å². The van der Waals surface area contributed by atoms with E-state index in [4.69, 9.17) is 9.83 Å². The highest BCUT2D eigenvalue weighted by molar-refractivity contribution is 5.99. The zero-order valence-electron chi connectivity index (χ0n) is 17.6. The number of aryl methyl sites for hydroxylation is 1. The fourth-order valence-electron chi connectivity index (χ4n) is 3.90. The van der Waals surface area contributed by atoms with E-state index in [-0.39, 0.29) is 0 Å². The highest BCUT2D eigenvalue weighted by Crippen LogP contribution is 2.38. The Bertz CT molecular complexity index is 1160. The first-order valence-corrected chi connectivity index (χ1v) is 10.6. The molecule has 4 rings (SSSR count). The minimum Gasteiger partial charge on any atom is -0.437 e. The monoisotopic (exact) mass is 400 g/mol. The minimum atomic E-state index is 0.448. The molecule has 0 atom stereocenters. The number of benzene rings is 2. The normalized spacial score (nSPS) is 11.4. The topological polar surface area (TPSA) is 58.1 Å². The van der Waals surface area contributed by atoms with Crippen LogP contribution in [-0.2, 0) is 6.54 Å². The third-order valence-corrected chi connectivity index (χ3v) is 5.59. The predicted octanol–water partition coefficient (Wildman–Crippen LogP) is 5.17. The molecule has 5 heteroatoms. The Morgan fingerprint density at radius 1 is 0.933 bits per heavy atom. The largest absolute Gasteiger partial charge is 0.437 e. The molecular weight excluding hydrogens is 372 g/mol. The van der Waals surface area contributed by atoms with Crippen LogP contribution in [0.15, 0.2) is 71.4 Å². The zero-order chi connectivity index (χ0) is 20.9. The zero-order valence-corrected chi connectivity index (χ0v) is 17.6. The van der Waals surface area contributed by atoms with Gasteiger partial charge in [0.2, 0.25) is 5.71 Å². The smallest absolute Gasteiger partial charge is 0.232 e. The van der Waals surface area contributed by atoms with Crippen LogP contribution in [0.4, 0.5) is 0 Å². The molecule has 0 radical (unpaired) electrons. The van der Waals surface area contributed by atoms with E-state index in [2.05, 4.69) is 35.9 Å². The first-order valence-electron chi connectivity index (χ1n) is 10.6. The molecule has 2 heterocycles. The Hall–Kier alpha value is -3.18. The van der Waals surface area contributed by atoms with Crippen LogP contribution in [0.3, 0.4) is 0 Å². The van der Waals surface area contributed by atoms with E-state index in [1.54, 1.807) is 6.33 Å². The van der Waals surface area contributed by atoms with Crippen molar-refractivity contribution in [3.05, 3.63) is 72.5 Å². The molecule has 0 bridgehead atoms. The van der Waals surface area contributed by atoms with Gasteiger partial charge in [-0.25, -0.2) is 4.98 Å². The second kappa shape index (κ2) is 9.09. The van der Waals surface area contributed by atoms with Gasteiger partial charge in [0.05, 0.1) is 5.39 Å². The number of aromatic nitrogens is 2. The van der Waals surface area contributed by atoms with Crippen LogP contribution in [0.25, 0.3) is 33.6 Å². The fraction of sp³-hybridized carbons (Fsp3) is 0.280. The quantitative estimate of drug-likeness (QED) is 0.444. The van der Waals surface area contributed by atoms with Gasteiger partial charge in [0, 0.05) is 17.7 Å². The molecule has 5 nitrogen and oxygen atoms in total. The lowest BCUT2D eigenvalue weighted by Crippen LogP contribution is -2.27. The molecule has 0 spiro atoms. The van der Waals surface area contributed by atoms with Gasteiger partial charge in [0.1, 0.15) is 17.6 Å². The lowest BCUT2D eigenvalue weighted by Gasteiger charge is -2.18. The maximum Gasteiger partial charge on any atom is 0.232 e. The molecular formula is C25H28N4O. The van der Waals surface area contributed by atoms with Gasteiger partial charge in [-0.3, -0.25) is 5.41 Å². The van der Waals surface area contributed by atoms with Crippen LogP contribution in [0, 0.1) is 5.41 Å². The first-order chi connectivity index (χ1) is 14.7. The standard InChI is InChI=1S/C25H28N4O/c1-3-28(4-2)16-11-17-29-18-27-25-22(24(29)26)21(19-12-7-5-8-13-19)23(30-25)20-14-9-6-10-15-20/h5-10,12-15,18,26H,3-4,11,16-17H2,1-2H3. The summed E-state index contributed by atoms with van der Waals surface area (Å²) in [6, 6.07) is 20.2. The summed E-state index contributed by atoms with van der Waals surface area (Å²) in [5.74, 6) is 0.763. The highest BCUT2D eigenvalue weighted by atomic mass is 16.3. The summed E-state index contributed by atoms with van der Waals surface area (Å²) in [5, 5.41) is 9.70. The van der Waals surface area contributed by atoms with Gasteiger partial charge in [-0.15, -0.1) is 0 Å². The summed E-state index contributed by atoms with van der Waals surface area (Å²) in [5.41, 5.74) is 3.92. The molecule has 0 fully saturated rings. The molecule has 154 valence electrons. The molecule has 30 heavy (non-hydrogen) atoms. The van der Waals surface area contributed by atoms with E-state index in [1.807, 2.05) is 53.1 Å². The van der Waals surface area contributed by atoms with Crippen molar-refractivity contribution in [1.82, 2.24) is 14.5 Å². The molecule has 0 saturated heterocycles. The molecule has 0 aliphatic rings. The minimum absolute atomic E-state index is 0.448. The molecule has 0 aliphatic carbocycles. The van der Waals surface area contributed by atoms with Crippen molar-refractivity contribution in [3.8, 4) is 22.5 Å². The van der Waals surface area contributed by atoms with Crippen molar-refractivity contribution >= 4 is 11.1 Å². The van der Waals surface area contributed by atoms with E-state index in [0.717, 1.165) is 60.4 Å². The third-order valence-electron chi connectivity index (χ3n) is 5.59. The predicted molar refractivity (Wildman–Crippen MR) is 121 cm³/mol.